The number of hydrogen-bond acceptors (Lipinski definition) is 1. The lowest BCUT2D eigenvalue weighted by molar-refractivity contribution is 0.0955. The minimum Gasteiger partial charge on any atom is -0.351 e. The lowest BCUT2D eigenvalue weighted by Crippen LogP contribution is -2.25. The van der Waals surface area contributed by atoms with Crippen LogP contribution in [0.3, 0.4) is 0 Å². The van der Waals surface area contributed by atoms with E-state index in [0.29, 0.717) is 12.4 Å². The number of alkyl halides is 1. The first-order chi connectivity index (χ1) is 6.65. The molecule has 0 fully saturated rings. The fourth-order valence-corrected chi connectivity index (χ4v) is 1.42. The number of halogens is 1. The van der Waals surface area contributed by atoms with E-state index in [0.717, 1.165) is 16.7 Å². The molecule has 0 bridgehead atoms. The molecule has 0 saturated heterocycles. The van der Waals surface area contributed by atoms with Gasteiger partial charge in [-0.2, -0.15) is 0 Å². The number of benzene rings is 1. The first-order valence-electron chi connectivity index (χ1n) is 4.56. The molecule has 0 aromatic heterocycles. The molecule has 0 aliphatic carbocycles. The third-order valence-electron chi connectivity index (χ3n) is 2.01. The van der Waals surface area contributed by atoms with Gasteiger partial charge in [0, 0.05) is 18.0 Å². The SMILES string of the molecule is Cc1ccc(C(=O)NCCCl)c(C)c1. The quantitative estimate of drug-likeness (QED) is 0.764. The Balaban J connectivity index is 2.80. The molecule has 1 rings (SSSR count). The van der Waals surface area contributed by atoms with Gasteiger partial charge in [-0.3, -0.25) is 4.79 Å². The van der Waals surface area contributed by atoms with Gasteiger partial charge in [0.1, 0.15) is 0 Å². The van der Waals surface area contributed by atoms with Gasteiger partial charge in [-0.15, -0.1) is 11.6 Å². The van der Waals surface area contributed by atoms with Crippen LogP contribution in [-0.4, -0.2) is 18.3 Å². The summed E-state index contributed by atoms with van der Waals surface area (Å²) >= 11 is 5.48. The van der Waals surface area contributed by atoms with Gasteiger partial charge in [-0.05, 0) is 25.5 Å². The van der Waals surface area contributed by atoms with Crippen molar-refractivity contribution in [3.05, 3.63) is 34.9 Å². The predicted octanol–water partition coefficient (Wildman–Crippen LogP) is 2.27. The van der Waals surface area contributed by atoms with Crippen LogP contribution in [0.5, 0.6) is 0 Å². The second-order valence-electron chi connectivity index (χ2n) is 3.26. The first kappa shape index (κ1) is 11.1. The second-order valence-corrected chi connectivity index (χ2v) is 3.64. The third kappa shape index (κ3) is 2.74. The van der Waals surface area contributed by atoms with Gasteiger partial charge in [0.2, 0.25) is 0 Å². The molecule has 0 spiro atoms. The van der Waals surface area contributed by atoms with Crippen molar-refractivity contribution in [3.63, 3.8) is 0 Å². The van der Waals surface area contributed by atoms with Gasteiger partial charge < -0.3 is 5.32 Å². The molecule has 0 saturated carbocycles. The summed E-state index contributed by atoms with van der Waals surface area (Å²) in [6.07, 6.45) is 0. The zero-order valence-corrected chi connectivity index (χ0v) is 9.19. The summed E-state index contributed by atoms with van der Waals surface area (Å²) in [5.74, 6) is 0.388. The smallest absolute Gasteiger partial charge is 0.251 e. The van der Waals surface area contributed by atoms with E-state index in [4.69, 9.17) is 11.6 Å². The zero-order valence-electron chi connectivity index (χ0n) is 8.43. The van der Waals surface area contributed by atoms with Gasteiger partial charge >= 0.3 is 0 Å². The summed E-state index contributed by atoms with van der Waals surface area (Å²) in [6.45, 7) is 4.45. The monoisotopic (exact) mass is 211 g/mol. The topological polar surface area (TPSA) is 29.1 Å². The van der Waals surface area contributed by atoms with Gasteiger partial charge in [0.05, 0.1) is 0 Å². The van der Waals surface area contributed by atoms with Crippen molar-refractivity contribution in [3.8, 4) is 0 Å². The molecule has 0 aliphatic rings. The molecule has 0 unspecified atom stereocenters. The molecule has 0 aliphatic heterocycles. The normalized spacial score (nSPS) is 9.93. The molecule has 1 N–H and O–H groups in total. The Morgan fingerprint density at radius 2 is 2.14 bits per heavy atom. The number of hydrogen-bond donors (Lipinski definition) is 1. The van der Waals surface area contributed by atoms with E-state index in [1.165, 1.54) is 0 Å². The van der Waals surface area contributed by atoms with Crippen LogP contribution in [0.2, 0.25) is 0 Å². The molecule has 1 amide bonds. The van der Waals surface area contributed by atoms with Crippen LogP contribution in [-0.2, 0) is 0 Å². The Bertz CT molecular complexity index is 336. The molecule has 3 heteroatoms. The highest BCUT2D eigenvalue weighted by Gasteiger charge is 2.07. The maximum absolute atomic E-state index is 11.6. The third-order valence-corrected chi connectivity index (χ3v) is 2.20. The van der Waals surface area contributed by atoms with E-state index < -0.39 is 0 Å². The van der Waals surface area contributed by atoms with Crippen LogP contribution in [0.1, 0.15) is 21.5 Å². The highest BCUT2D eigenvalue weighted by Crippen LogP contribution is 2.09. The summed E-state index contributed by atoms with van der Waals surface area (Å²) in [5, 5.41) is 2.74. The summed E-state index contributed by atoms with van der Waals surface area (Å²) in [6, 6.07) is 5.77. The molecule has 2 nitrogen and oxygen atoms in total. The molecule has 0 heterocycles. The number of rotatable bonds is 3. The van der Waals surface area contributed by atoms with Crippen LogP contribution >= 0.6 is 11.6 Å². The summed E-state index contributed by atoms with van der Waals surface area (Å²) in [7, 11) is 0. The van der Waals surface area contributed by atoms with E-state index in [9.17, 15) is 4.79 Å². The minimum absolute atomic E-state index is 0.0526. The van der Waals surface area contributed by atoms with Crippen LogP contribution in [0.4, 0.5) is 0 Å². The molecule has 14 heavy (non-hydrogen) atoms. The maximum atomic E-state index is 11.6. The Kier molecular flexibility index (Phi) is 3.96. The highest BCUT2D eigenvalue weighted by molar-refractivity contribution is 6.18. The van der Waals surface area contributed by atoms with Crippen LogP contribution < -0.4 is 5.32 Å². The lowest BCUT2D eigenvalue weighted by Gasteiger charge is -2.06. The lowest BCUT2D eigenvalue weighted by atomic mass is 10.1. The van der Waals surface area contributed by atoms with E-state index >= 15 is 0 Å². The molecular weight excluding hydrogens is 198 g/mol. The molecule has 0 radical (unpaired) electrons. The predicted molar refractivity (Wildman–Crippen MR) is 59.0 cm³/mol. The largest absolute Gasteiger partial charge is 0.351 e. The number of amides is 1. The average Bonchev–Trinajstić information content (AvgIpc) is 2.14. The Morgan fingerprint density at radius 1 is 1.43 bits per heavy atom. The molecule has 0 atom stereocenters. The van der Waals surface area contributed by atoms with Crippen molar-refractivity contribution < 1.29 is 4.79 Å². The van der Waals surface area contributed by atoms with Crippen LogP contribution in [0, 0.1) is 13.8 Å². The minimum atomic E-state index is -0.0526. The molecular formula is C11H14ClNO. The number of aryl methyl sites for hydroxylation is 2. The van der Waals surface area contributed by atoms with Crippen LogP contribution in [0.25, 0.3) is 0 Å². The number of nitrogens with one attached hydrogen (secondary N) is 1. The summed E-state index contributed by atoms with van der Waals surface area (Å²) in [4.78, 5) is 11.6. The first-order valence-corrected chi connectivity index (χ1v) is 5.10. The van der Waals surface area contributed by atoms with Gasteiger partial charge in [0.25, 0.3) is 5.91 Å². The van der Waals surface area contributed by atoms with Crippen molar-refractivity contribution in [1.82, 2.24) is 5.32 Å². The number of carbonyl (C=O) groups excluding carboxylic acids is 1. The Labute approximate surface area is 89.3 Å². The van der Waals surface area contributed by atoms with Crippen molar-refractivity contribution in [1.29, 1.82) is 0 Å². The van der Waals surface area contributed by atoms with Gasteiger partial charge in [-0.1, -0.05) is 17.7 Å². The Hall–Kier alpha value is -1.02. The fourth-order valence-electron chi connectivity index (χ4n) is 1.32. The van der Waals surface area contributed by atoms with Gasteiger partial charge in [-0.25, -0.2) is 0 Å². The highest BCUT2D eigenvalue weighted by atomic mass is 35.5. The van der Waals surface area contributed by atoms with E-state index in [1.807, 2.05) is 32.0 Å². The van der Waals surface area contributed by atoms with Crippen molar-refractivity contribution in [2.45, 2.75) is 13.8 Å². The van der Waals surface area contributed by atoms with E-state index in [-0.39, 0.29) is 5.91 Å². The summed E-state index contributed by atoms with van der Waals surface area (Å²) in [5.41, 5.74) is 2.88. The zero-order chi connectivity index (χ0) is 10.6. The van der Waals surface area contributed by atoms with Crippen molar-refractivity contribution in [2.75, 3.05) is 12.4 Å². The molecule has 76 valence electrons. The second kappa shape index (κ2) is 5.01. The Morgan fingerprint density at radius 3 is 2.71 bits per heavy atom. The molecule has 1 aromatic rings. The number of carbonyl (C=O) groups is 1. The van der Waals surface area contributed by atoms with E-state index in [2.05, 4.69) is 5.32 Å². The summed E-state index contributed by atoms with van der Waals surface area (Å²) < 4.78 is 0. The average molecular weight is 212 g/mol. The standard InChI is InChI=1S/C11H14ClNO/c1-8-3-4-10(9(2)7-8)11(14)13-6-5-12/h3-4,7H,5-6H2,1-2H3,(H,13,14). The van der Waals surface area contributed by atoms with Gasteiger partial charge in [0.15, 0.2) is 0 Å². The molecule has 1 aromatic carbocycles. The maximum Gasteiger partial charge on any atom is 0.251 e. The van der Waals surface area contributed by atoms with Crippen molar-refractivity contribution >= 4 is 17.5 Å². The van der Waals surface area contributed by atoms with E-state index in [1.54, 1.807) is 0 Å². The van der Waals surface area contributed by atoms with Crippen LogP contribution in [0.15, 0.2) is 18.2 Å². The van der Waals surface area contributed by atoms with Crippen molar-refractivity contribution in [2.24, 2.45) is 0 Å². The fraction of sp³-hybridized carbons (Fsp3) is 0.364.